The van der Waals surface area contributed by atoms with Gasteiger partial charge in [-0.1, -0.05) is 13.0 Å². The van der Waals surface area contributed by atoms with Gasteiger partial charge in [-0.15, -0.1) is 11.8 Å². The van der Waals surface area contributed by atoms with Gasteiger partial charge < -0.3 is 0 Å². The van der Waals surface area contributed by atoms with E-state index in [-0.39, 0.29) is 11.1 Å². The van der Waals surface area contributed by atoms with Crippen molar-refractivity contribution in [1.82, 2.24) is 0 Å². The molecular formula is C16H14F2OS. The average Bonchev–Trinajstić information content (AvgIpc) is 2.44. The van der Waals surface area contributed by atoms with Crippen molar-refractivity contribution in [2.75, 3.05) is 5.75 Å². The molecule has 1 nitrogen and oxygen atoms in total. The fraction of sp³-hybridized carbons (Fsp3) is 0.188. The Morgan fingerprint density at radius 2 is 1.75 bits per heavy atom. The fourth-order valence-electron chi connectivity index (χ4n) is 1.88. The van der Waals surface area contributed by atoms with E-state index < -0.39 is 23.0 Å². The number of ketones is 1. The molecule has 0 amide bonds. The van der Waals surface area contributed by atoms with Crippen LogP contribution in [0.5, 0.6) is 0 Å². The Balaban J connectivity index is 2.39. The van der Waals surface area contributed by atoms with Gasteiger partial charge >= 0.3 is 0 Å². The van der Waals surface area contributed by atoms with Crippen molar-refractivity contribution in [2.24, 2.45) is 0 Å². The lowest BCUT2D eigenvalue weighted by molar-refractivity contribution is 0.103. The third kappa shape index (κ3) is 2.90. The number of benzene rings is 2. The van der Waals surface area contributed by atoms with Crippen molar-refractivity contribution in [2.45, 2.75) is 18.7 Å². The van der Waals surface area contributed by atoms with Gasteiger partial charge in [-0.2, -0.15) is 0 Å². The first-order valence-corrected chi connectivity index (χ1v) is 7.25. The highest BCUT2D eigenvalue weighted by Crippen LogP contribution is 2.22. The molecule has 2 rings (SSSR count). The van der Waals surface area contributed by atoms with Crippen LogP contribution in [0.2, 0.25) is 0 Å². The Morgan fingerprint density at radius 1 is 1.10 bits per heavy atom. The summed E-state index contributed by atoms with van der Waals surface area (Å²) in [6.45, 7) is 3.54. The van der Waals surface area contributed by atoms with Gasteiger partial charge in [-0.3, -0.25) is 4.79 Å². The molecule has 20 heavy (non-hydrogen) atoms. The molecule has 0 saturated heterocycles. The molecule has 0 radical (unpaired) electrons. The average molecular weight is 292 g/mol. The highest BCUT2D eigenvalue weighted by Gasteiger charge is 2.20. The summed E-state index contributed by atoms with van der Waals surface area (Å²) in [4.78, 5) is 13.2. The highest BCUT2D eigenvalue weighted by atomic mass is 32.2. The second-order valence-electron chi connectivity index (χ2n) is 4.34. The van der Waals surface area contributed by atoms with Crippen LogP contribution in [0.25, 0.3) is 0 Å². The van der Waals surface area contributed by atoms with Gasteiger partial charge in [-0.25, -0.2) is 8.78 Å². The molecule has 0 fully saturated rings. The Morgan fingerprint density at radius 3 is 2.35 bits per heavy atom. The van der Waals surface area contributed by atoms with Crippen LogP contribution in [0.3, 0.4) is 0 Å². The molecule has 0 atom stereocenters. The summed E-state index contributed by atoms with van der Waals surface area (Å²) in [6.07, 6.45) is 0. The predicted molar refractivity (Wildman–Crippen MR) is 77.4 cm³/mol. The largest absolute Gasteiger partial charge is 0.288 e. The van der Waals surface area contributed by atoms with Crippen LogP contribution in [0, 0.1) is 18.6 Å². The van der Waals surface area contributed by atoms with E-state index >= 15 is 0 Å². The summed E-state index contributed by atoms with van der Waals surface area (Å²) < 4.78 is 27.6. The molecule has 0 aliphatic rings. The molecule has 4 heteroatoms. The monoisotopic (exact) mass is 292 g/mol. The van der Waals surface area contributed by atoms with Gasteiger partial charge in [0, 0.05) is 10.5 Å². The summed E-state index contributed by atoms with van der Waals surface area (Å²) in [6, 6.07) is 9.21. The minimum Gasteiger partial charge on any atom is -0.288 e. The maximum absolute atomic E-state index is 13.9. The van der Waals surface area contributed by atoms with Crippen molar-refractivity contribution in [3.8, 4) is 0 Å². The number of thioether (sulfide) groups is 1. The van der Waals surface area contributed by atoms with Crippen molar-refractivity contribution < 1.29 is 13.6 Å². The fourth-order valence-corrected chi connectivity index (χ4v) is 2.54. The predicted octanol–water partition coefficient (Wildman–Crippen LogP) is 4.62. The Kier molecular flexibility index (Phi) is 4.55. The van der Waals surface area contributed by atoms with Gasteiger partial charge in [0.05, 0.1) is 5.56 Å². The van der Waals surface area contributed by atoms with E-state index in [4.69, 9.17) is 0 Å². The van der Waals surface area contributed by atoms with Crippen LogP contribution in [-0.2, 0) is 0 Å². The zero-order valence-electron chi connectivity index (χ0n) is 11.2. The van der Waals surface area contributed by atoms with Crippen molar-refractivity contribution in [3.05, 3.63) is 64.7 Å². The molecule has 0 N–H and O–H groups in total. The minimum atomic E-state index is -0.829. The summed E-state index contributed by atoms with van der Waals surface area (Å²) in [7, 11) is 0. The molecule has 0 unspecified atom stereocenters. The minimum absolute atomic E-state index is 0.257. The van der Waals surface area contributed by atoms with E-state index in [0.29, 0.717) is 0 Å². The molecule has 0 aromatic heterocycles. The number of aryl methyl sites for hydroxylation is 1. The first kappa shape index (κ1) is 14.7. The molecule has 0 saturated carbocycles. The van der Waals surface area contributed by atoms with Gasteiger partial charge in [0.2, 0.25) is 0 Å². The van der Waals surface area contributed by atoms with Gasteiger partial charge in [0.15, 0.2) is 5.78 Å². The van der Waals surface area contributed by atoms with Gasteiger partial charge in [-0.05, 0) is 48.6 Å². The van der Waals surface area contributed by atoms with Crippen molar-refractivity contribution >= 4 is 17.5 Å². The molecule has 0 spiro atoms. The van der Waals surface area contributed by atoms with Crippen LogP contribution in [0.1, 0.15) is 28.4 Å². The van der Waals surface area contributed by atoms with Crippen LogP contribution >= 0.6 is 11.8 Å². The summed E-state index contributed by atoms with van der Waals surface area (Å²) in [5, 5.41) is 0. The second kappa shape index (κ2) is 6.18. The normalized spacial score (nSPS) is 10.6. The zero-order chi connectivity index (χ0) is 14.7. The van der Waals surface area contributed by atoms with Crippen molar-refractivity contribution in [1.29, 1.82) is 0 Å². The van der Waals surface area contributed by atoms with E-state index in [1.54, 1.807) is 36.0 Å². The number of carbonyl (C=O) groups excluding carboxylic acids is 1. The van der Waals surface area contributed by atoms with Crippen molar-refractivity contribution in [3.63, 3.8) is 0 Å². The molecule has 0 aliphatic carbocycles. The third-order valence-corrected chi connectivity index (χ3v) is 3.83. The highest BCUT2D eigenvalue weighted by molar-refractivity contribution is 7.99. The number of halogens is 2. The topological polar surface area (TPSA) is 17.1 Å². The van der Waals surface area contributed by atoms with Crippen LogP contribution in [0.4, 0.5) is 8.78 Å². The molecule has 0 aliphatic heterocycles. The summed E-state index contributed by atoms with van der Waals surface area (Å²) in [5.41, 5.74) is 0.0580. The first-order chi connectivity index (χ1) is 9.54. The zero-order valence-corrected chi connectivity index (χ0v) is 12.1. The van der Waals surface area contributed by atoms with Gasteiger partial charge in [0.25, 0.3) is 0 Å². The first-order valence-electron chi connectivity index (χ1n) is 6.26. The van der Waals surface area contributed by atoms with E-state index in [2.05, 4.69) is 0 Å². The van der Waals surface area contributed by atoms with E-state index in [1.165, 1.54) is 13.0 Å². The molecule has 104 valence electrons. The standard InChI is InChI=1S/C16H14F2OS/c1-3-20-12-7-5-11(6-8-12)16(19)14-13(17)9-4-10(2)15(14)18/h4-9H,3H2,1-2H3. The second-order valence-corrected chi connectivity index (χ2v) is 5.68. The number of hydrogen-bond acceptors (Lipinski definition) is 2. The quantitative estimate of drug-likeness (QED) is 0.604. The van der Waals surface area contributed by atoms with Gasteiger partial charge in [0.1, 0.15) is 11.6 Å². The van der Waals surface area contributed by atoms with E-state index in [1.807, 2.05) is 6.92 Å². The maximum Gasteiger partial charge on any atom is 0.198 e. The molecule has 0 heterocycles. The number of carbonyl (C=O) groups is 1. The van der Waals surface area contributed by atoms with E-state index in [9.17, 15) is 13.6 Å². The Labute approximate surface area is 121 Å². The lowest BCUT2D eigenvalue weighted by Gasteiger charge is -2.07. The summed E-state index contributed by atoms with van der Waals surface area (Å²) in [5.74, 6) is -1.32. The van der Waals surface area contributed by atoms with Crippen LogP contribution in [0.15, 0.2) is 41.3 Å². The molecule has 2 aromatic rings. The number of rotatable bonds is 4. The van der Waals surface area contributed by atoms with E-state index in [0.717, 1.165) is 16.7 Å². The van der Waals surface area contributed by atoms with Crippen LogP contribution in [-0.4, -0.2) is 11.5 Å². The Bertz CT molecular complexity index is 636. The lowest BCUT2D eigenvalue weighted by atomic mass is 10.0. The lowest BCUT2D eigenvalue weighted by Crippen LogP contribution is -2.08. The Hall–Kier alpha value is -1.68. The third-order valence-electron chi connectivity index (χ3n) is 2.94. The summed E-state index contributed by atoms with van der Waals surface area (Å²) >= 11 is 1.64. The smallest absolute Gasteiger partial charge is 0.198 e. The molecule has 0 bridgehead atoms. The molecule has 2 aromatic carbocycles. The molecular weight excluding hydrogens is 278 g/mol. The maximum atomic E-state index is 13.9. The number of hydrogen-bond donors (Lipinski definition) is 0. The SMILES string of the molecule is CCSc1ccc(C(=O)c2c(F)ccc(C)c2F)cc1. The van der Waals surface area contributed by atoms with Crippen LogP contribution < -0.4 is 0 Å².